The van der Waals surface area contributed by atoms with Crippen molar-refractivity contribution in [2.45, 2.75) is 45.7 Å². The van der Waals surface area contributed by atoms with Crippen LogP contribution in [0.4, 0.5) is 5.69 Å². The average molecular weight is 605 g/mol. The number of aryl methyl sites for hydroxylation is 1. The maximum Gasteiger partial charge on any atom is 0.244 e. The van der Waals surface area contributed by atoms with Crippen molar-refractivity contribution in [2.24, 2.45) is 0 Å². The Morgan fingerprint density at radius 1 is 0.925 bits per heavy atom. The smallest absolute Gasteiger partial charge is 0.244 e. The summed E-state index contributed by atoms with van der Waals surface area (Å²) in [7, 11) is -3.94. The van der Waals surface area contributed by atoms with Crippen molar-refractivity contribution in [2.75, 3.05) is 23.7 Å². The summed E-state index contributed by atoms with van der Waals surface area (Å²) >= 11 is 12.5. The van der Waals surface area contributed by atoms with Gasteiger partial charge < -0.3 is 10.2 Å². The third-order valence-corrected chi connectivity index (χ3v) is 8.39. The van der Waals surface area contributed by atoms with Crippen LogP contribution < -0.4 is 9.62 Å². The molecule has 0 radical (unpaired) electrons. The molecule has 3 aromatic carbocycles. The van der Waals surface area contributed by atoms with E-state index >= 15 is 0 Å². The highest BCUT2D eigenvalue weighted by Crippen LogP contribution is 2.33. The first kappa shape index (κ1) is 31.5. The molecule has 0 heterocycles. The fourth-order valence-corrected chi connectivity index (χ4v) is 5.53. The minimum absolute atomic E-state index is 0.0191. The molecule has 0 saturated heterocycles. The van der Waals surface area contributed by atoms with Crippen LogP contribution in [0.2, 0.25) is 10.0 Å². The first-order valence-electron chi connectivity index (χ1n) is 13.1. The third kappa shape index (κ3) is 8.71. The summed E-state index contributed by atoms with van der Waals surface area (Å²) in [6, 6.07) is 20.8. The molecule has 1 atom stereocenters. The number of benzene rings is 3. The van der Waals surface area contributed by atoms with Crippen LogP contribution in [0.25, 0.3) is 0 Å². The van der Waals surface area contributed by atoms with E-state index in [1.54, 1.807) is 6.07 Å². The second-order valence-corrected chi connectivity index (χ2v) is 12.4. The van der Waals surface area contributed by atoms with Crippen LogP contribution >= 0.6 is 23.2 Å². The molecule has 214 valence electrons. The number of rotatable bonds is 13. The maximum atomic E-state index is 14.1. The van der Waals surface area contributed by atoms with Crippen LogP contribution in [0.15, 0.2) is 72.8 Å². The predicted octanol–water partition coefficient (Wildman–Crippen LogP) is 5.62. The molecule has 0 aromatic heterocycles. The highest BCUT2D eigenvalue weighted by molar-refractivity contribution is 7.92. The lowest BCUT2D eigenvalue weighted by Crippen LogP contribution is -2.53. The van der Waals surface area contributed by atoms with Gasteiger partial charge in [0.1, 0.15) is 12.6 Å². The molecule has 10 heteroatoms. The number of hydrogen-bond donors (Lipinski definition) is 1. The number of amides is 2. The van der Waals surface area contributed by atoms with Gasteiger partial charge in [-0.25, -0.2) is 8.42 Å². The minimum Gasteiger partial charge on any atom is -0.354 e. The molecule has 7 nitrogen and oxygen atoms in total. The molecule has 0 aliphatic heterocycles. The van der Waals surface area contributed by atoms with Gasteiger partial charge in [0.15, 0.2) is 0 Å². The number of carbonyl (C=O) groups excluding carboxylic acids is 2. The molecular weight excluding hydrogens is 569 g/mol. The van der Waals surface area contributed by atoms with Crippen molar-refractivity contribution in [3.63, 3.8) is 0 Å². The normalized spacial score (nSPS) is 12.0. The van der Waals surface area contributed by atoms with E-state index in [-0.39, 0.29) is 34.6 Å². The number of nitrogens with one attached hydrogen (secondary N) is 1. The van der Waals surface area contributed by atoms with E-state index in [9.17, 15) is 18.0 Å². The van der Waals surface area contributed by atoms with E-state index in [0.29, 0.717) is 6.54 Å². The molecule has 0 aliphatic carbocycles. The fraction of sp³-hybridized carbons (Fsp3) is 0.333. The molecule has 0 aliphatic rings. The van der Waals surface area contributed by atoms with Crippen molar-refractivity contribution in [1.29, 1.82) is 0 Å². The molecule has 3 aromatic rings. The SMILES string of the molecule is CCCCNC(=O)C(Cc1ccccc1)N(Cc1ccc(C)cc1)C(=O)CN(c1cccc(Cl)c1Cl)S(C)(=O)=O. The number of sulfonamides is 1. The zero-order valence-corrected chi connectivity index (χ0v) is 25.3. The lowest BCUT2D eigenvalue weighted by Gasteiger charge is -2.33. The topological polar surface area (TPSA) is 86.8 Å². The van der Waals surface area contributed by atoms with Gasteiger partial charge in [0.05, 0.1) is 22.0 Å². The Morgan fingerprint density at radius 3 is 2.23 bits per heavy atom. The van der Waals surface area contributed by atoms with Crippen LogP contribution in [-0.2, 0) is 32.6 Å². The van der Waals surface area contributed by atoms with E-state index in [2.05, 4.69) is 5.32 Å². The molecule has 0 saturated carbocycles. The van der Waals surface area contributed by atoms with Gasteiger partial charge in [-0.1, -0.05) is 103 Å². The van der Waals surface area contributed by atoms with Gasteiger partial charge >= 0.3 is 0 Å². The van der Waals surface area contributed by atoms with Crippen LogP contribution in [0.3, 0.4) is 0 Å². The lowest BCUT2D eigenvalue weighted by molar-refractivity contribution is -0.140. The van der Waals surface area contributed by atoms with E-state index in [1.807, 2.05) is 68.4 Å². The zero-order chi connectivity index (χ0) is 29.3. The monoisotopic (exact) mass is 603 g/mol. The first-order chi connectivity index (χ1) is 19.0. The minimum atomic E-state index is -3.94. The number of halogens is 2. The average Bonchev–Trinajstić information content (AvgIpc) is 2.92. The van der Waals surface area contributed by atoms with Crippen molar-refractivity contribution in [3.8, 4) is 0 Å². The standard InChI is InChI=1S/C30H35Cl2N3O4S/c1-4-5-18-33-30(37)27(19-23-10-7-6-8-11-23)34(20-24-16-14-22(2)15-17-24)28(36)21-35(40(3,38)39)26-13-9-12-25(31)29(26)32/h6-17,27H,4-5,18-21H2,1-3H3,(H,33,37). The Labute approximate surface area is 247 Å². The number of unbranched alkanes of at least 4 members (excludes halogenated alkanes) is 1. The maximum absolute atomic E-state index is 14.1. The van der Waals surface area contributed by atoms with Crippen molar-refractivity contribution >= 4 is 50.7 Å². The van der Waals surface area contributed by atoms with Gasteiger partial charge in [0, 0.05) is 19.5 Å². The molecule has 0 spiro atoms. The van der Waals surface area contributed by atoms with E-state index < -0.39 is 28.5 Å². The molecule has 1 N–H and O–H groups in total. The molecule has 0 bridgehead atoms. The summed E-state index contributed by atoms with van der Waals surface area (Å²) in [6.45, 7) is 4.02. The Hall–Kier alpha value is -3.07. The highest BCUT2D eigenvalue weighted by Gasteiger charge is 2.33. The van der Waals surface area contributed by atoms with Gasteiger partial charge in [-0.15, -0.1) is 0 Å². The molecule has 1 unspecified atom stereocenters. The fourth-order valence-electron chi connectivity index (χ4n) is 4.23. The lowest BCUT2D eigenvalue weighted by atomic mass is 10.0. The first-order valence-corrected chi connectivity index (χ1v) is 15.7. The molecular formula is C30H35Cl2N3O4S. The molecule has 0 fully saturated rings. The summed E-state index contributed by atoms with van der Waals surface area (Å²) in [5, 5.41) is 3.14. The summed E-state index contributed by atoms with van der Waals surface area (Å²) in [5.41, 5.74) is 2.83. The van der Waals surface area contributed by atoms with Crippen LogP contribution in [-0.4, -0.2) is 50.5 Å². The van der Waals surface area contributed by atoms with Crippen molar-refractivity contribution in [1.82, 2.24) is 10.2 Å². The van der Waals surface area contributed by atoms with E-state index in [1.165, 1.54) is 17.0 Å². The van der Waals surface area contributed by atoms with Crippen LogP contribution in [0.5, 0.6) is 0 Å². The molecule has 40 heavy (non-hydrogen) atoms. The van der Waals surface area contributed by atoms with Crippen molar-refractivity contribution < 1.29 is 18.0 Å². The van der Waals surface area contributed by atoms with Gasteiger partial charge in [-0.05, 0) is 36.6 Å². The van der Waals surface area contributed by atoms with E-state index in [0.717, 1.165) is 40.1 Å². The van der Waals surface area contributed by atoms with Crippen molar-refractivity contribution in [3.05, 3.63) is 99.5 Å². The summed E-state index contributed by atoms with van der Waals surface area (Å²) < 4.78 is 26.7. The Balaban J connectivity index is 2.05. The number of hydrogen-bond acceptors (Lipinski definition) is 4. The summed E-state index contributed by atoms with van der Waals surface area (Å²) in [5.74, 6) is -0.849. The number of carbonyl (C=O) groups is 2. The Kier molecular flexibility index (Phi) is 11.4. The zero-order valence-electron chi connectivity index (χ0n) is 22.9. The van der Waals surface area contributed by atoms with E-state index in [4.69, 9.17) is 23.2 Å². The van der Waals surface area contributed by atoms with Crippen LogP contribution in [0, 0.1) is 6.92 Å². The highest BCUT2D eigenvalue weighted by atomic mass is 35.5. The third-order valence-electron chi connectivity index (χ3n) is 6.45. The second-order valence-electron chi connectivity index (χ2n) is 9.70. The van der Waals surface area contributed by atoms with Gasteiger partial charge in [-0.2, -0.15) is 0 Å². The van der Waals surface area contributed by atoms with Crippen LogP contribution in [0.1, 0.15) is 36.5 Å². The largest absolute Gasteiger partial charge is 0.354 e. The Bertz CT molecular complexity index is 1400. The van der Waals surface area contributed by atoms with Gasteiger partial charge in [0.2, 0.25) is 21.8 Å². The van der Waals surface area contributed by atoms with Gasteiger partial charge in [0.25, 0.3) is 0 Å². The number of anilines is 1. The van der Waals surface area contributed by atoms with Gasteiger partial charge in [-0.3, -0.25) is 13.9 Å². The second kappa shape index (κ2) is 14.5. The summed E-state index contributed by atoms with van der Waals surface area (Å²) in [6.07, 6.45) is 2.96. The summed E-state index contributed by atoms with van der Waals surface area (Å²) in [4.78, 5) is 29.1. The number of nitrogens with zero attached hydrogens (tertiary/aromatic N) is 2. The molecule has 3 rings (SSSR count). The Morgan fingerprint density at radius 2 is 1.60 bits per heavy atom. The molecule has 2 amide bonds. The quantitative estimate of drug-likeness (QED) is 0.257. The predicted molar refractivity (Wildman–Crippen MR) is 162 cm³/mol.